The van der Waals surface area contributed by atoms with Gasteiger partial charge in [-0.3, -0.25) is 44.7 Å². The fraction of sp³-hybridized carbons (Fsp3) is 0. The molecule has 0 aliphatic carbocycles. The van der Waals surface area contributed by atoms with Crippen LogP contribution in [0.4, 0.5) is 17.1 Å². The second kappa shape index (κ2) is 17.8. The number of nitrogens with one attached hydrogen (secondary N) is 3. The molecule has 0 atom stereocenters. The number of anilines is 3. The lowest BCUT2D eigenvalue weighted by Crippen LogP contribution is -2.34. The average Bonchev–Trinajstić information content (AvgIpc) is 4.43. The Hall–Kier alpha value is -9.92. The van der Waals surface area contributed by atoms with E-state index >= 15 is 0 Å². The van der Waals surface area contributed by atoms with E-state index in [1.165, 1.54) is 0 Å². The zero-order valence-corrected chi connectivity index (χ0v) is 43.6. The van der Waals surface area contributed by atoms with E-state index in [0.717, 1.165) is 95.9 Å². The highest BCUT2D eigenvalue weighted by Crippen LogP contribution is 2.46. The summed E-state index contributed by atoms with van der Waals surface area (Å²) < 4.78 is 0. The van der Waals surface area contributed by atoms with E-state index in [9.17, 15) is 28.8 Å². The van der Waals surface area contributed by atoms with Gasteiger partial charge in [0, 0.05) is 95.9 Å². The maximum Gasteiger partial charge on any atom is 0.258 e. The average molecular weight is 1080 g/mol. The van der Waals surface area contributed by atoms with Crippen LogP contribution in [-0.2, 0) is 0 Å². The number of rotatable bonds is 9. The molecule has 0 bridgehead atoms. The summed E-state index contributed by atoms with van der Waals surface area (Å²) in [7, 11) is 0. The molecule has 3 N–H and O–H groups in total. The fourth-order valence-corrected chi connectivity index (χ4v) is 14.6. The number of carbonyl (C=O) groups excluding carboxylic acids is 6. The number of carbonyl (C=O) groups is 6. The summed E-state index contributed by atoms with van der Waals surface area (Å²) in [6.07, 6.45) is 0. The van der Waals surface area contributed by atoms with Crippen LogP contribution in [0.25, 0.3) is 95.0 Å². The standard InChI is InChI=1S/C66H36N4O6S3/c71-61-46-7-1-4-43-40(22-25-49(58(43)46)64(74)67-61)55-31-28-52(77-55)34-10-16-37(17-11-34)70(38-18-12-35(13-19-38)53-29-32-56(78-53)41-23-26-50-59-44(41)5-2-8-47(59)62(72)68-65(50)75)39-20-14-36(15-21-39)54-30-33-57(79-54)42-24-27-51-60-45(42)6-3-9-48(60)63(73)69-66(51)76/h1-33H,(H,67,71,74)(H,68,72,75)(H,69,73,76). The predicted octanol–water partition coefficient (Wildman–Crippen LogP) is 15.5. The van der Waals surface area contributed by atoms with Crippen molar-refractivity contribution in [3.05, 3.63) is 234 Å². The Morgan fingerprint density at radius 2 is 0.481 bits per heavy atom. The van der Waals surface area contributed by atoms with Crippen LogP contribution in [0.5, 0.6) is 0 Å². The molecule has 3 aromatic heterocycles. The highest BCUT2D eigenvalue weighted by atomic mass is 32.1. The maximum atomic E-state index is 12.8. The van der Waals surface area contributed by atoms with E-state index in [1.54, 1.807) is 70.4 Å². The highest BCUT2D eigenvalue weighted by Gasteiger charge is 2.29. The molecule has 9 aromatic carbocycles. The Kier molecular flexibility index (Phi) is 10.5. The summed E-state index contributed by atoms with van der Waals surface area (Å²) in [6.45, 7) is 0. The minimum atomic E-state index is -0.387. The van der Waals surface area contributed by atoms with Crippen LogP contribution >= 0.6 is 34.0 Å². The maximum absolute atomic E-state index is 12.8. The summed E-state index contributed by atoms with van der Waals surface area (Å²) in [5.74, 6) is -2.32. The van der Waals surface area contributed by atoms with Crippen molar-refractivity contribution >= 4 is 119 Å². The van der Waals surface area contributed by atoms with Gasteiger partial charge in [0.2, 0.25) is 0 Å². The second-order valence-corrected chi connectivity index (χ2v) is 22.7. The van der Waals surface area contributed by atoms with Gasteiger partial charge in [-0.05, 0) is 159 Å². The molecule has 3 aliphatic heterocycles. The van der Waals surface area contributed by atoms with Gasteiger partial charge >= 0.3 is 0 Å². The molecule has 6 heterocycles. The first-order chi connectivity index (χ1) is 38.6. The zero-order valence-electron chi connectivity index (χ0n) is 41.2. The SMILES string of the molecule is O=C1NC(=O)c2ccc(-c3ccc(-c4ccc(N(c5ccc(-c6ccc(-c7ccc8c9c(cccc79)C(=O)NC8=O)s6)cc5)c5ccc(-c6ccc(-c7ccc8c9c(cccc79)C(=O)NC8=O)s6)cc5)cc4)s3)c3cccc1c23. The van der Waals surface area contributed by atoms with Crippen molar-refractivity contribution in [1.29, 1.82) is 0 Å². The van der Waals surface area contributed by atoms with E-state index in [1.807, 2.05) is 54.6 Å². The van der Waals surface area contributed by atoms with Crippen molar-refractivity contribution in [2.75, 3.05) is 4.90 Å². The van der Waals surface area contributed by atoms with Crippen LogP contribution in [-0.4, -0.2) is 35.4 Å². The van der Waals surface area contributed by atoms with Gasteiger partial charge in [0.15, 0.2) is 0 Å². The largest absolute Gasteiger partial charge is 0.311 e. The molecule has 0 fully saturated rings. The monoisotopic (exact) mass is 1080 g/mol. The molecule has 6 amide bonds. The smallest absolute Gasteiger partial charge is 0.258 e. The summed E-state index contributed by atoms with van der Waals surface area (Å²) in [6, 6.07) is 66.3. The molecular formula is C66H36N4O6S3. The Bertz CT molecular complexity index is 4170. The van der Waals surface area contributed by atoms with E-state index in [-0.39, 0.29) is 35.4 Å². The molecule has 0 radical (unpaired) electrons. The van der Waals surface area contributed by atoms with Crippen molar-refractivity contribution in [3.63, 3.8) is 0 Å². The predicted molar refractivity (Wildman–Crippen MR) is 315 cm³/mol. The Morgan fingerprint density at radius 1 is 0.241 bits per heavy atom. The van der Waals surface area contributed by atoms with Gasteiger partial charge in [-0.15, -0.1) is 34.0 Å². The van der Waals surface area contributed by atoms with Gasteiger partial charge in [-0.2, -0.15) is 0 Å². The van der Waals surface area contributed by atoms with Crippen molar-refractivity contribution in [3.8, 4) is 62.6 Å². The quantitative estimate of drug-likeness (QED) is 0.122. The summed E-state index contributed by atoms with van der Waals surface area (Å²) in [4.78, 5) is 85.3. The number of nitrogens with zero attached hydrogens (tertiary/aromatic N) is 1. The minimum absolute atomic E-state index is 0.387. The van der Waals surface area contributed by atoms with Crippen molar-refractivity contribution < 1.29 is 28.8 Å². The Morgan fingerprint density at radius 3 is 0.759 bits per heavy atom. The third kappa shape index (κ3) is 7.43. The van der Waals surface area contributed by atoms with Crippen molar-refractivity contribution in [2.24, 2.45) is 0 Å². The third-order valence-corrected chi connectivity index (χ3v) is 18.6. The molecule has 13 heteroatoms. The summed E-state index contributed by atoms with van der Waals surface area (Å²) in [5.41, 5.74) is 11.8. The fourth-order valence-electron chi connectivity index (χ4n) is 11.4. The molecule has 0 unspecified atom stereocenters. The Balaban J connectivity index is 0.765. The molecule has 0 saturated heterocycles. The van der Waals surface area contributed by atoms with Gasteiger partial charge in [-0.1, -0.05) is 91.0 Å². The number of amides is 6. The number of hydrogen-bond donors (Lipinski definition) is 3. The first kappa shape index (κ1) is 46.4. The summed E-state index contributed by atoms with van der Waals surface area (Å²) in [5, 5.41) is 12.0. The van der Waals surface area contributed by atoms with Gasteiger partial charge in [0.05, 0.1) is 0 Å². The molecule has 0 saturated carbocycles. The lowest BCUT2D eigenvalue weighted by atomic mass is 9.92. The second-order valence-electron chi connectivity index (χ2n) is 19.5. The van der Waals surface area contributed by atoms with Gasteiger partial charge < -0.3 is 4.90 Å². The van der Waals surface area contributed by atoms with Gasteiger partial charge in [0.25, 0.3) is 35.4 Å². The number of thiophene rings is 3. The molecule has 0 spiro atoms. The lowest BCUT2D eigenvalue weighted by Gasteiger charge is -2.26. The van der Waals surface area contributed by atoms with Gasteiger partial charge in [0.1, 0.15) is 0 Å². The highest BCUT2D eigenvalue weighted by molar-refractivity contribution is 7.19. The third-order valence-electron chi connectivity index (χ3n) is 15.1. The van der Waals surface area contributed by atoms with Crippen LogP contribution in [0.1, 0.15) is 62.1 Å². The Labute approximate surface area is 461 Å². The van der Waals surface area contributed by atoms with Crippen LogP contribution < -0.4 is 20.9 Å². The lowest BCUT2D eigenvalue weighted by molar-refractivity contribution is 0.0828. The van der Waals surface area contributed by atoms with E-state index in [2.05, 4.69) is 130 Å². The van der Waals surface area contributed by atoms with Crippen LogP contribution in [0.2, 0.25) is 0 Å². The van der Waals surface area contributed by atoms with Crippen LogP contribution in [0.15, 0.2) is 200 Å². The first-order valence-corrected chi connectivity index (χ1v) is 27.7. The number of benzene rings is 9. The van der Waals surface area contributed by atoms with Gasteiger partial charge in [-0.25, -0.2) is 0 Å². The molecule has 10 nitrogen and oxygen atoms in total. The zero-order chi connectivity index (χ0) is 53.2. The normalized spacial score (nSPS) is 13.5. The molecule has 15 rings (SSSR count). The van der Waals surface area contributed by atoms with Crippen LogP contribution in [0.3, 0.4) is 0 Å². The van der Waals surface area contributed by atoms with Crippen LogP contribution in [0, 0.1) is 0 Å². The van der Waals surface area contributed by atoms with E-state index < -0.39 is 0 Å². The van der Waals surface area contributed by atoms with E-state index in [0.29, 0.717) is 49.5 Å². The molecule has 12 aromatic rings. The molecular weight excluding hydrogens is 1040 g/mol. The number of imide groups is 3. The minimum Gasteiger partial charge on any atom is -0.311 e. The number of hydrogen-bond acceptors (Lipinski definition) is 10. The summed E-state index contributed by atoms with van der Waals surface area (Å²) >= 11 is 4.96. The molecule has 79 heavy (non-hydrogen) atoms. The van der Waals surface area contributed by atoms with Crippen molar-refractivity contribution in [2.45, 2.75) is 0 Å². The topological polar surface area (TPSA) is 142 Å². The molecule has 374 valence electrons. The first-order valence-electron chi connectivity index (χ1n) is 25.3. The molecule has 3 aliphatic rings. The van der Waals surface area contributed by atoms with Crippen molar-refractivity contribution in [1.82, 2.24) is 16.0 Å². The van der Waals surface area contributed by atoms with E-state index in [4.69, 9.17) is 0 Å².